The van der Waals surface area contributed by atoms with Crippen molar-refractivity contribution in [1.29, 1.82) is 0 Å². The monoisotopic (exact) mass is 450 g/mol. The predicted molar refractivity (Wildman–Crippen MR) is 128 cm³/mol. The standard InChI is InChI=1S/C25H20Cl2N2O2/c1-14-9-15(2)24-19(10-14)20(25(30)28-17-7-8-21(26)22(27)12-17)13-23(29-24)16-5-4-6-18(11-16)31-3/h4-13H,1-3H3,(H,28,30). The van der Waals surface area contributed by atoms with E-state index in [1.165, 1.54) is 0 Å². The van der Waals surface area contributed by atoms with E-state index in [9.17, 15) is 4.79 Å². The lowest BCUT2D eigenvalue weighted by Crippen LogP contribution is -2.13. The van der Waals surface area contributed by atoms with Gasteiger partial charge in [0.25, 0.3) is 5.91 Å². The lowest BCUT2D eigenvalue weighted by Gasteiger charge is -2.14. The molecule has 0 spiro atoms. The Labute approximate surface area is 190 Å². The minimum absolute atomic E-state index is 0.250. The van der Waals surface area contributed by atoms with Crippen LogP contribution in [-0.2, 0) is 0 Å². The zero-order valence-corrected chi connectivity index (χ0v) is 18.8. The highest BCUT2D eigenvalue weighted by molar-refractivity contribution is 6.42. The van der Waals surface area contributed by atoms with E-state index in [-0.39, 0.29) is 5.91 Å². The minimum Gasteiger partial charge on any atom is -0.497 e. The van der Waals surface area contributed by atoms with Crippen molar-refractivity contribution in [1.82, 2.24) is 4.98 Å². The summed E-state index contributed by atoms with van der Waals surface area (Å²) in [6.07, 6.45) is 0. The topological polar surface area (TPSA) is 51.2 Å². The van der Waals surface area contributed by atoms with Crippen LogP contribution in [-0.4, -0.2) is 18.0 Å². The van der Waals surface area contributed by atoms with Gasteiger partial charge in [-0.15, -0.1) is 0 Å². The van der Waals surface area contributed by atoms with Crippen molar-refractivity contribution in [2.45, 2.75) is 13.8 Å². The Morgan fingerprint density at radius 1 is 0.968 bits per heavy atom. The molecule has 0 aliphatic heterocycles. The molecule has 1 N–H and O–H groups in total. The van der Waals surface area contributed by atoms with E-state index in [1.54, 1.807) is 25.3 Å². The number of amides is 1. The smallest absolute Gasteiger partial charge is 0.256 e. The summed E-state index contributed by atoms with van der Waals surface area (Å²) in [5, 5.41) is 4.53. The summed E-state index contributed by atoms with van der Waals surface area (Å²) in [7, 11) is 1.62. The Bertz CT molecular complexity index is 1320. The quantitative estimate of drug-likeness (QED) is 0.361. The maximum atomic E-state index is 13.3. The van der Waals surface area contributed by atoms with Crippen LogP contribution in [0.1, 0.15) is 21.5 Å². The normalized spacial score (nSPS) is 10.9. The molecule has 0 bridgehead atoms. The summed E-state index contributed by atoms with van der Waals surface area (Å²) in [4.78, 5) is 18.2. The van der Waals surface area contributed by atoms with Gasteiger partial charge in [-0.05, 0) is 61.9 Å². The molecule has 1 amide bonds. The lowest BCUT2D eigenvalue weighted by atomic mass is 9.99. The Balaban J connectivity index is 1.87. The molecule has 0 radical (unpaired) electrons. The van der Waals surface area contributed by atoms with E-state index < -0.39 is 0 Å². The van der Waals surface area contributed by atoms with Crippen molar-refractivity contribution < 1.29 is 9.53 Å². The Morgan fingerprint density at radius 2 is 1.77 bits per heavy atom. The van der Waals surface area contributed by atoms with Crippen LogP contribution in [0.2, 0.25) is 10.0 Å². The number of rotatable bonds is 4. The zero-order chi connectivity index (χ0) is 22.1. The molecule has 1 aromatic heterocycles. The Kier molecular flexibility index (Phi) is 5.86. The fourth-order valence-corrected chi connectivity index (χ4v) is 3.87. The molecule has 0 fully saturated rings. The van der Waals surface area contributed by atoms with Gasteiger partial charge in [-0.2, -0.15) is 0 Å². The molecule has 1 heterocycles. The Hall–Kier alpha value is -3.08. The van der Waals surface area contributed by atoms with Crippen molar-refractivity contribution in [2.75, 3.05) is 12.4 Å². The number of anilines is 1. The van der Waals surface area contributed by atoms with Gasteiger partial charge in [0.2, 0.25) is 0 Å². The number of nitrogens with one attached hydrogen (secondary N) is 1. The first-order valence-corrected chi connectivity index (χ1v) is 10.4. The van der Waals surface area contributed by atoms with Gasteiger partial charge in [0.05, 0.1) is 33.9 Å². The summed E-state index contributed by atoms with van der Waals surface area (Å²) in [6.45, 7) is 4.00. The number of hydrogen-bond donors (Lipinski definition) is 1. The van der Waals surface area contributed by atoms with E-state index >= 15 is 0 Å². The average molecular weight is 451 g/mol. The zero-order valence-electron chi connectivity index (χ0n) is 17.3. The Morgan fingerprint density at radius 3 is 2.52 bits per heavy atom. The molecule has 4 aromatic rings. The van der Waals surface area contributed by atoms with Gasteiger partial charge in [-0.1, -0.05) is 47.0 Å². The van der Waals surface area contributed by atoms with Gasteiger partial charge >= 0.3 is 0 Å². The molecule has 3 aromatic carbocycles. The number of hydrogen-bond acceptors (Lipinski definition) is 3. The second-order valence-corrected chi connectivity index (χ2v) is 8.16. The third-order valence-corrected chi connectivity index (χ3v) is 5.77. The first-order valence-electron chi connectivity index (χ1n) is 9.68. The number of carbonyl (C=O) groups is 1. The summed E-state index contributed by atoms with van der Waals surface area (Å²) >= 11 is 12.1. The van der Waals surface area contributed by atoms with Gasteiger partial charge in [0, 0.05) is 16.6 Å². The third-order valence-electron chi connectivity index (χ3n) is 5.04. The molecule has 156 valence electrons. The minimum atomic E-state index is -0.250. The number of pyridine rings is 1. The molecule has 0 saturated carbocycles. The van der Waals surface area contributed by atoms with E-state index in [0.29, 0.717) is 27.0 Å². The summed E-state index contributed by atoms with van der Waals surface area (Å²) in [5.74, 6) is 0.474. The van der Waals surface area contributed by atoms with Crippen LogP contribution in [0, 0.1) is 13.8 Å². The van der Waals surface area contributed by atoms with E-state index in [4.69, 9.17) is 32.9 Å². The van der Waals surface area contributed by atoms with E-state index in [2.05, 4.69) is 11.4 Å². The first-order chi connectivity index (χ1) is 14.9. The molecule has 4 nitrogen and oxygen atoms in total. The molecular weight excluding hydrogens is 431 g/mol. The van der Waals surface area contributed by atoms with Crippen LogP contribution in [0.4, 0.5) is 5.69 Å². The predicted octanol–water partition coefficient (Wildman–Crippen LogP) is 7.09. The lowest BCUT2D eigenvalue weighted by molar-refractivity contribution is 0.102. The number of ether oxygens (including phenoxy) is 1. The number of benzene rings is 3. The number of methoxy groups -OCH3 is 1. The first kappa shape index (κ1) is 21.2. The number of carbonyl (C=O) groups excluding carboxylic acids is 1. The van der Waals surface area contributed by atoms with Crippen molar-refractivity contribution in [2.24, 2.45) is 0 Å². The highest BCUT2D eigenvalue weighted by Gasteiger charge is 2.17. The maximum absolute atomic E-state index is 13.3. The van der Waals surface area contributed by atoms with Crippen molar-refractivity contribution in [3.63, 3.8) is 0 Å². The van der Waals surface area contributed by atoms with Crippen LogP contribution in [0.5, 0.6) is 5.75 Å². The van der Waals surface area contributed by atoms with Crippen molar-refractivity contribution in [3.05, 3.63) is 87.4 Å². The van der Waals surface area contributed by atoms with Crippen LogP contribution >= 0.6 is 23.2 Å². The maximum Gasteiger partial charge on any atom is 0.256 e. The molecule has 0 unspecified atom stereocenters. The SMILES string of the molecule is COc1cccc(-c2cc(C(=O)Nc3ccc(Cl)c(Cl)c3)c3cc(C)cc(C)c3n2)c1. The van der Waals surface area contributed by atoms with Crippen molar-refractivity contribution in [3.8, 4) is 17.0 Å². The number of fused-ring (bicyclic) bond motifs is 1. The van der Waals surface area contributed by atoms with Crippen LogP contribution in [0.15, 0.2) is 60.7 Å². The second kappa shape index (κ2) is 8.58. The van der Waals surface area contributed by atoms with Gasteiger partial charge in [0.15, 0.2) is 0 Å². The van der Waals surface area contributed by atoms with Gasteiger partial charge in [-0.25, -0.2) is 4.98 Å². The molecular formula is C25H20Cl2N2O2. The van der Waals surface area contributed by atoms with Crippen molar-refractivity contribution >= 4 is 45.7 Å². The second-order valence-electron chi connectivity index (χ2n) is 7.35. The van der Waals surface area contributed by atoms with Gasteiger partial charge in [-0.3, -0.25) is 4.79 Å². The summed E-state index contributed by atoms with van der Waals surface area (Å²) < 4.78 is 5.35. The number of nitrogens with zero attached hydrogens (tertiary/aromatic N) is 1. The molecule has 0 atom stereocenters. The highest BCUT2D eigenvalue weighted by atomic mass is 35.5. The number of aryl methyl sites for hydroxylation is 2. The third kappa shape index (κ3) is 4.36. The van der Waals surface area contributed by atoms with E-state index in [0.717, 1.165) is 33.3 Å². The number of halogens is 2. The van der Waals surface area contributed by atoms with Crippen LogP contribution < -0.4 is 10.1 Å². The van der Waals surface area contributed by atoms with Gasteiger partial charge in [0.1, 0.15) is 5.75 Å². The molecule has 0 aliphatic carbocycles. The summed E-state index contributed by atoms with van der Waals surface area (Å²) in [5.41, 5.74) is 5.50. The average Bonchev–Trinajstić information content (AvgIpc) is 2.75. The molecule has 0 aliphatic rings. The molecule has 4 rings (SSSR count). The number of aromatic nitrogens is 1. The summed E-state index contributed by atoms with van der Waals surface area (Å²) in [6, 6.07) is 18.5. The van der Waals surface area contributed by atoms with Crippen LogP contribution in [0.3, 0.4) is 0 Å². The molecule has 0 saturated heterocycles. The fourth-order valence-electron chi connectivity index (χ4n) is 3.57. The largest absolute Gasteiger partial charge is 0.497 e. The van der Waals surface area contributed by atoms with E-state index in [1.807, 2.05) is 50.2 Å². The molecule has 31 heavy (non-hydrogen) atoms. The highest BCUT2D eigenvalue weighted by Crippen LogP contribution is 2.31. The molecule has 6 heteroatoms. The fraction of sp³-hybridized carbons (Fsp3) is 0.120. The van der Waals surface area contributed by atoms with Gasteiger partial charge < -0.3 is 10.1 Å². The van der Waals surface area contributed by atoms with Crippen LogP contribution in [0.25, 0.3) is 22.2 Å².